The predicted molar refractivity (Wildman–Crippen MR) is 101 cm³/mol. The number of nitrogens with two attached hydrogens (primary N) is 1. The molecule has 7 nitrogen and oxygen atoms in total. The Morgan fingerprint density at radius 1 is 1.27 bits per heavy atom. The highest BCUT2D eigenvalue weighted by Crippen LogP contribution is 2.33. The molecule has 7 heteroatoms. The van der Waals surface area contributed by atoms with Gasteiger partial charge >= 0.3 is 0 Å². The first-order valence-electron chi connectivity index (χ1n) is 9.40. The Labute approximate surface area is 153 Å². The first-order valence-corrected chi connectivity index (χ1v) is 9.40. The number of carbonyl (C=O) groups excluding carboxylic acids is 1. The van der Waals surface area contributed by atoms with Crippen LogP contribution in [0.25, 0.3) is 11.1 Å². The lowest BCUT2D eigenvalue weighted by molar-refractivity contribution is 0.0689. The van der Waals surface area contributed by atoms with E-state index in [-0.39, 0.29) is 11.9 Å². The number of carbonyl (C=O) groups is 1. The van der Waals surface area contributed by atoms with Crippen molar-refractivity contribution in [3.05, 3.63) is 29.7 Å². The molecule has 2 aliphatic heterocycles. The van der Waals surface area contributed by atoms with Crippen LogP contribution in [0.15, 0.2) is 18.6 Å². The van der Waals surface area contributed by atoms with Crippen molar-refractivity contribution in [2.45, 2.75) is 45.2 Å². The second kappa shape index (κ2) is 6.72. The van der Waals surface area contributed by atoms with Gasteiger partial charge in [0.1, 0.15) is 5.82 Å². The van der Waals surface area contributed by atoms with E-state index in [1.54, 1.807) is 6.20 Å². The molecule has 0 spiro atoms. The molecule has 0 saturated carbocycles. The van der Waals surface area contributed by atoms with E-state index in [2.05, 4.69) is 26.3 Å². The van der Waals surface area contributed by atoms with Crippen LogP contribution in [0, 0.1) is 0 Å². The number of aromatic nitrogens is 3. The molecule has 1 fully saturated rings. The minimum absolute atomic E-state index is 0.0150. The van der Waals surface area contributed by atoms with E-state index in [9.17, 15) is 4.79 Å². The fraction of sp³-hybridized carbons (Fsp3) is 0.526. The molecule has 4 rings (SSSR count). The molecule has 0 bridgehead atoms. The topological polar surface area (TPSA) is 89.1 Å². The Kier molecular flexibility index (Phi) is 4.40. The number of nitrogen functional groups attached to an aromatic ring is 1. The van der Waals surface area contributed by atoms with Gasteiger partial charge in [0.15, 0.2) is 0 Å². The molecule has 4 heterocycles. The maximum absolute atomic E-state index is 12.9. The molecule has 138 valence electrons. The minimum atomic E-state index is -0.0150. The first-order chi connectivity index (χ1) is 12.6. The number of hydrogen-bond acceptors (Lipinski definition) is 5. The highest BCUT2D eigenvalue weighted by Gasteiger charge is 2.31. The van der Waals surface area contributed by atoms with Crippen LogP contribution in [0.1, 0.15) is 48.7 Å². The molecule has 3 N–H and O–H groups in total. The van der Waals surface area contributed by atoms with Gasteiger partial charge in [0, 0.05) is 36.1 Å². The van der Waals surface area contributed by atoms with Crippen molar-refractivity contribution in [3.63, 3.8) is 0 Å². The van der Waals surface area contributed by atoms with Crippen LogP contribution < -0.4 is 11.1 Å². The van der Waals surface area contributed by atoms with Crippen molar-refractivity contribution in [3.8, 4) is 11.1 Å². The second-order valence-corrected chi connectivity index (χ2v) is 7.44. The summed E-state index contributed by atoms with van der Waals surface area (Å²) in [6, 6.07) is 0.585. The number of pyridine rings is 1. The Balaban J connectivity index is 1.71. The van der Waals surface area contributed by atoms with Crippen LogP contribution in [-0.2, 0) is 6.42 Å². The van der Waals surface area contributed by atoms with E-state index in [1.807, 2.05) is 24.9 Å². The highest BCUT2D eigenvalue weighted by molar-refractivity contribution is 6.02. The van der Waals surface area contributed by atoms with Gasteiger partial charge in [0.25, 0.3) is 5.91 Å². The predicted octanol–water partition coefficient (Wildman–Crippen LogP) is 1.86. The molecule has 0 aromatic carbocycles. The minimum Gasteiger partial charge on any atom is -0.383 e. The lowest BCUT2D eigenvalue weighted by Crippen LogP contribution is -2.42. The SMILES string of the molecule is CC(C)N1CCc2c(-c3cnn(C4CCNCC4)c3)cnc(N)c2C1=O. The number of anilines is 1. The molecular formula is C19H26N6O. The molecule has 0 radical (unpaired) electrons. The van der Waals surface area contributed by atoms with Crippen molar-refractivity contribution in [2.75, 3.05) is 25.4 Å². The number of nitrogens with zero attached hydrogens (tertiary/aromatic N) is 4. The molecule has 0 unspecified atom stereocenters. The third-order valence-electron chi connectivity index (χ3n) is 5.51. The fourth-order valence-electron chi connectivity index (χ4n) is 4.03. The molecule has 0 atom stereocenters. The standard InChI is InChI=1S/C19H26N6O/c1-12(2)24-8-5-15-16(10-22-18(20)17(15)19(24)26)13-9-23-25(11-13)14-3-6-21-7-4-14/h9-12,14,21H,3-8H2,1-2H3,(H2,20,22). The van der Waals surface area contributed by atoms with Gasteiger partial charge in [-0.1, -0.05) is 0 Å². The van der Waals surface area contributed by atoms with Crippen LogP contribution in [0.5, 0.6) is 0 Å². The lowest BCUT2D eigenvalue weighted by Gasteiger charge is -2.33. The largest absolute Gasteiger partial charge is 0.383 e. The summed E-state index contributed by atoms with van der Waals surface area (Å²) in [6.45, 7) is 6.82. The number of hydrogen-bond donors (Lipinski definition) is 2. The zero-order chi connectivity index (χ0) is 18.3. The summed E-state index contributed by atoms with van der Waals surface area (Å²) >= 11 is 0. The molecule has 0 aliphatic carbocycles. The summed E-state index contributed by atoms with van der Waals surface area (Å²) in [7, 11) is 0. The lowest BCUT2D eigenvalue weighted by atomic mass is 9.92. The van der Waals surface area contributed by atoms with Crippen LogP contribution in [0.2, 0.25) is 0 Å². The Morgan fingerprint density at radius 3 is 2.77 bits per heavy atom. The zero-order valence-electron chi connectivity index (χ0n) is 15.4. The zero-order valence-corrected chi connectivity index (χ0v) is 15.4. The number of amides is 1. The van der Waals surface area contributed by atoms with Crippen molar-refractivity contribution in [1.82, 2.24) is 25.0 Å². The number of nitrogens with one attached hydrogen (secondary N) is 1. The maximum atomic E-state index is 12.9. The van der Waals surface area contributed by atoms with E-state index in [0.29, 0.717) is 24.0 Å². The summed E-state index contributed by atoms with van der Waals surface area (Å²) in [6.07, 6.45) is 8.72. The Bertz CT molecular complexity index is 821. The summed E-state index contributed by atoms with van der Waals surface area (Å²) in [5.41, 5.74) is 9.64. The van der Waals surface area contributed by atoms with Gasteiger partial charge in [0.05, 0.1) is 17.8 Å². The third kappa shape index (κ3) is 2.86. The average molecular weight is 354 g/mol. The van der Waals surface area contributed by atoms with Gasteiger partial charge in [-0.15, -0.1) is 0 Å². The van der Waals surface area contributed by atoms with Gasteiger partial charge < -0.3 is 16.0 Å². The smallest absolute Gasteiger partial charge is 0.258 e. The molecule has 1 saturated heterocycles. The first kappa shape index (κ1) is 17.0. The van der Waals surface area contributed by atoms with Crippen molar-refractivity contribution in [2.24, 2.45) is 0 Å². The van der Waals surface area contributed by atoms with Crippen LogP contribution in [-0.4, -0.2) is 51.2 Å². The van der Waals surface area contributed by atoms with E-state index in [0.717, 1.165) is 49.0 Å². The summed E-state index contributed by atoms with van der Waals surface area (Å²) in [5, 5.41) is 7.97. The van der Waals surface area contributed by atoms with Crippen LogP contribution >= 0.6 is 0 Å². The summed E-state index contributed by atoms with van der Waals surface area (Å²) in [5.74, 6) is 0.309. The Morgan fingerprint density at radius 2 is 2.04 bits per heavy atom. The van der Waals surface area contributed by atoms with Gasteiger partial charge in [-0.05, 0) is 51.8 Å². The van der Waals surface area contributed by atoms with E-state index in [4.69, 9.17) is 5.73 Å². The van der Waals surface area contributed by atoms with Gasteiger partial charge in [-0.2, -0.15) is 5.10 Å². The van der Waals surface area contributed by atoms with Crippen molar-refractivity contribution >= 4 is 11.7 Å². The van der Waals surface area contributed by atoms with Gasteiger partial charge in [-0.25, -0.2) is 4.98 Å². The molecule has 26 heavy (non-hydrogen) atoms. The van der Waals surface area contributed by atoms with Crippen molar-refractivity contribution in [1.29, 1.82) is 0 Å². The van der Waals surface area contributed by atoms with Crippen molar-refractivity contribution < 1.29 is 4.79 Å². The normalized spacial score (nSPS) is 18.4. The summed E-state index contributed by atoms with van der Waals surface area (Å²) < 4.78 is 2.06. The van der Waals surface area contributed by atoms with Gasteiger partial charge in [-0.3, -0.25) is 9.48 Å². The molecule has 1 amide bonds. The molecule has 2 aromatic heterocycles. The number of fused-ring (bicyclic) bond motifs is 1. The summed E-state index contributed by atoms with van der Waals surface area (Å²) in [4.78, 5) is 19.1. The van der Waals surface area contributed by atoms with Crippen LogP contribution in [0.4, 0.5) is 5.82 Å². The fourth-order valence-corrected chi connectivity index (χ4v) is 4.03. The third-order valence-corrected chi connectivity index (χ3v) is 5.51. The number of piperidine rings is 1. The van der Waals surface area contributed by atoms with E-state index < -0.39 is 0 Å². The molecule has 2 aromatic rings. The Hall–Kier alpha value is -2.41. The van der Waals surface area contributed by atoms with E-state index in [1.165, 1.54) is 0 Å². The number of rotatable bonds is 3. The quantitative estimate of drug-likeness (QED) is 0.878. The molecule has 2 aliphatic rings. The second-order valence-electron chi connectivity index (χ2n) is 7.44. The van der Waals surface area contributed by atoms with Gasteiger partial charge in [0.2, 0.25) is 0 Å². The highest BCUT2D eigenvalue weighted by atomic mass is 16.2. The van der Waals surface area contributed by atoms with Crippen LogP contribution in [0.3, 0.4) is 0 Å². The maximum Gasteiger partial charge on any atom is 0.258 e. The van der Waals surface area contributed by atoms with E-state index >= 15 is 0 Å². The molecular weight excluding hydrogens is 328 g/mol. The monoisotopic (exact) mass is 354 g/mol. The average Bonchev–Trinajstić information content (AvgIpc) is 3.12.